The molecule has 0 amide bonds. The van der Waals surface area contributed by atoms with Gasteiger partial charge in [-0.15, -0.1) is 0 Å². The molecule has 0 saturated heterocycles. The van der Waals surface area contributed by atoms with E-state index in [2.05, 4.69) is 6.92 Å². The molecule has 1 heteroatoms. The molecule has 0 aromatic heterocycles. The van der Waals surface area contributed by atoms with Crippen LogP contribution in [0.5, 0.6) is 0 Å². The fraction of sp³-hybridized carbons (Fsp3) is 0.700. The molecule has 0 fully saturated rings. The van der Waals surface area contributed by atoms with Crippen LogP contribution < -0.4 is 0 Å². The molecule has 0 N–H and O–H groups in total. The molecule has 0 radical (unpaired) electrons. The van der Waals surface area contributed by atoms with Crippen LogP contribution >= 0.6 is 0 Å². The third-order valence-electron chi connectivity index (χ3n) is 1.48. The van der Waals surface area contributed by atoms with Crippen LogP contribution in [-0.2, 0) is 4.79 Å². The number of unbranched alkanes of at least 4 members (excludes halogenated alkanes) is 2. The Morgan fingerprint density at radius 3 is 2.36 bits per heavy atom. The van der Waals surface area contributed by atoms with Gasteiger partial charge in [-0.1, -0.05) is 25.3 Å². The molecule has 0 spiro atoms. The number of hydrogen-bond donors (Lipinski definition) is 0. The van der Waals surface area contributed by atoms with Crippen molar-refractivity contribution in [2.45, 2.75) is 46.5 Å². The second-order valence-corrected chi connectivity index (χ2v) is 3.15. The van der Waals surface area contributed by atoms with E-state index in [9.17, 15) is 4.79 Å². The Kier molecular flexibility index (Phi) is 5.81. The number of ketones is 1. The quantitative estimate of drug-likeness (QED) is 0.439. The molecular weight excluding hydrogens is 136 g/mol. The minimum absolute atomic E-state index is 0.276. The van der Waals surface area contributed by atoms with E-state index in [0.717, 1.165) is 18.4 Å². The molecule has 0 saturated carbocycles. The number of allylic oxidation sites excluding steroid dienone is 2. The normalized spacial score (nSPS) is 9.36. The lowest BCUT2D eigenvalue weighted by molar-refractivity contribution is -0.114. The van der Waals surface area contributed by atoms with Gasteiger partial charge < -0.3 is 0 Å². The third-order valence-corrected chi connectivity index (χ3v) is 1.48. The van der Waals surface area contributed by atoms with Gasteiger partial charge in [0.15, 0.2) is 5.78 Å². The van der Waals surface area contributed by atoms with Crippen LogP contribution in [-0.4, -0.2) is 5.78 Å². The van der Waals surface area contributed by atoms with Gasteiger partial charge in [-0.25, -0.2) is 0 Å². The van der Waals surface area contributed by atoms with Crippen LogP contribution in [0.15, 0.2) is 11.6 Å². The maximum atomic E-state index is 11.1. The van der Waals surface area contributed by atoms with Crippen LogP contribution in [0, 0.1) is 0 Å². The Hall–Kier alpha value is -0.590. The second-order valence-electron chi connectivity index (χ2n) is 3.15. The molecule has 0 aromatic carbocycles. The molecule has 1 nitrogen and oxygen atoms in total. The van der Waals surface area contributed by atoms with Crippen LogP contribution in [0.3, 0.4) is 0 Å². The zero-order valence-corrected chi connectivity index (χ0v) is 7.81. The van der Waals surface area contributed by atoms with Gasteiger partial charge in [0.25, 0.3) is 0 Å². The van der Waals surface area contributed by atoms with Crippen LogP contribution in [0.2, 0.25) is 0 Å². The van der Waals surface area contributed by atoms with Crippen molar-refractivity contribution in [1.82, 2.24) is 0 Å². The van der Waals surface area contributed by atoms with Crippen molar-refractivity contribution in [2.75, 3.05) is 0 Å². The lowest BCUT2D eigenvalue weighted by Crippen LogP contribution is -1.92. The zero-order valence-electron chi connectivity index (χ0n) is 7.81. The van der Waals surface area contributed by atoms with Crippen LogP contribution in [0.1, 0.15) is 46.5 Å². The van der Waals surface area contributed by atoms with Crippen molar-refractivity contribution >= 4 is 5.78 Å². The van der Waals surface area contributed by atoms with E-state index in [0.29, 0.717) is 0 Å². The van der Waals surface area contributed by atoms with E-state index < -0.39 is 0 Å². The minimum Gasteiger partial charge on any atom is -0.295 e. The van der Waals surface area contributed by atoms with Crippen molar-refractivity contribution in [3.8, 4) is 0 Å². The standard InChI is InChI=1S/C10H18O/c1-4-5-6-7-10(11)8-9(2)3/h8H,4-7H2,1-3H3. The second kappa shape index (κ2) is 6.14. The number of carbonyl (C=O) groups is 1. The first kappa shape index (κ1) is 10.4. The van der Waals surface area contributed by atoms with E-state index in [1.807, 2.05) is 13.8 Å². The van der Waals surface area contributed by atoms with Gasteiger partial charge in [0.2, 0.25) is 0 Å². The summed E-state index contributed by atoms with van der Waals surface area (Å²) >= 11 is 0. The van der Waals surface area contributed by atoms with Gasteiger partial charge in [-0.3, -0.25) is 4.79 Å². The highest BCUT2D eigenvalue weighted by Gasteiger charge is 1.95. The lowest BCUT2D eigenvalue weighted by atomic mass is 10.1. The predicted octanol–water partition coefficient (Wildman–Crippen LogP) is 3.10. The highest BCUT2D eigenvalue weighted by molar-refractivity contribution is 5.90. The van der Waals surface area contributed by atoms with E-state index in [1.165, 1.54) is 12.8 Å². The SMILES string of the molecule is CCCCCC(=O)C=C(C)C. The first-order chi connectivity index (χ1) is 5.16. The summed E-state index contributed by atoms with van der Waals surface area (Å²) in [7, 11) is 0. The van der Waals surface area contributed by atoms with Gasteiger partial charge in [0.05, 0.1) is 0 Å². The van der Waals surface area contributed by atoms with Gasteiger partial charge in [-0.2, -0.15) is 0 Å². The Labute approximate surface area is 69.5 Å². The monoisotopic (exact) mass is 154 g/mol. The van der Waals surface area contributed by atoms with Gasteiger partial charge in [0.1, 0.15) is 0 Å². The van der Waals surface area contributed by atoms with Crippen molar-refractivity contribution in [1.29, 1.82) is 0 Å². The molecule has 64 valence electrons. The molecule has 0 atom stereocenters. The van der Waals surface area contributed by atoms with Crippen LogP contribution in [0.25, 0.3) is 0 Å². The highest BCUT2D eigenvalue weighted by atomic mass is 16.1. The molecule has 11 heavy (non-hydrogen) atoms. The summed E-state index contributed by atoms with van der Waals surface area (Å²) in [4.78, 5) is 11.1. The first-order valence-electron chi connectivity index (χ1n) is 4.34. The molecule has 0 rings (SSSR count). The minimum atomic E-state index is 0.276. The van der Waals surface area contributed by atoms with Crippen molar-refractivity contribution in [2.24, 2.45) is 0 Å². The van der Waals surface area contributed by atoms with Gasteiger partial charge in [-0.05, 0) is 26.3 Å². The molecule has 0 aliphatic heterocycles. The van der Waals surface area contributed by atoms with Crippen molar-refractivity contribution in [3.63, 3.8) is 0 Å². The average Bonchev–Trinajstić information content (AvgIpc) is 1.86. The summed E-state index contributed by atoms with van der Waals surface area (Å²) in [6, 6.07) is 0. The van der Waals surface area contributed by atoms with E-state index in [1.54, 1.807) is 6.08 Å². The van der Waals surface area contributed by atoms with E-state index in [-0.39, 0.29) is 5.78 Å². The Morgan fingerprint density at radius 1 is 1.27 bits per heavy atom. The maximum Gasteiger partial charge on any atom is 0.155 e. The largest absolute Gasteiger partial charge is 0.295 e. The smallest absolute Gasteiger partial charge is 0.155 e. The predicted molar refractivity (Wildman–Crippen MR) is 48.6 cm³/mol. The van der Waals surface area contributed by atoms with E-state index >= 15 is 0 Å². The summed E-state index contributed by atoms with van der Waals surface area (Å²) in [5, 5.41) is 0. The van der Waals surface area contributed by atoms with Gasteiger partial charge >= 0.3 is 0 Å². The Morgan fingerprint density at radius 2 is 1.91 bits per heavy atom. The Balaban J connectivity index is 3.46. The topological polar surface area (TPSA) is 17.1 Å². The summed E-state index contributed by atoms with van der Waals surface area (Å²) in [5.41, 5.74) is 1.10. The molecular formula is C10H18O. The van der Waals surface area contributed by atoms with Crippen molar-refractivity contribution < 1.29 is 4.79 Å². The fourth-order valence-electron chi connectivity index (χ4n) is 0.943. The lowest BCUT2D eigenvalue weighted by Gasteiger charge is -1.94. The first-order valence-corrected chi connectivity index (χ1v) is 4.34. The zero-order chi connectivity index (χ0) is 8.69. The third kappa shape index (κ3) is 7.31. The number of rotatable bonds is 5. The molecule has 0 heterocycles. The maximum absolute atomic E-state index is 11.1. The average molecular weight is 154 g/mol. The summed E-state index contributed by atoms with van der Waals surface area (Å²) in [6.07, 6.45) is 5.85. The number of hydrogen-bond acceptors (Lipinski definition) is 1. The molecule has 0 aliphatic carbocycles. The van der Waals surface area contributed by atoms with Gasteiger partial charge in [0, 0.05) is 6.42 Å². The summed E-state index contributed by atoms with van der Waals surface area (Å²) in [5.74, 6) is 0.276. The summed E-state index contributed by atoms with van der Waals surface area (Å²) in [6.45, 7) is 6.06. The van der Waals surface area contributed by atoms with E-state index in [4.69, 9.17) is 0 Å². The Bertz CT molecular complexity index is 141. The molecule has 0 bridgehead atoms. The van der Waals surface area contributed by atoms with Crippen LogP contribution in [0.4, 0.5) is 0 Å². The molecule has 0 aliphatic rings. The highest BCUT2D eigenvalue weighted by Crippen LogP contribution is 2.01. The fourth-order valence-corrected chi connectivity index (χ4v) is 0.943. The van der Waals surface area contributed by atoms with Crippen molar-refractivity contribution in [3.05, 3.63) is 11.6 Å². The molecule has 0 aromatic rings. The summed E-state index contributed by atoms with van der Waals surface area (Å²) < 4.78 is 0. The molecule has 0 unspecified atom stereocenters. The number of carbonyl (C=O) groups excluding carboxylic acids is 1.